The van der Waals surface area contributed by atoms with Gasteiger partial charge in [-0.2, -0.15) is 5.10 Å². The number of rotatable bonds is 3. The average Bonchev–Trinajstić information content (AvgIpc) is 2.47. The molecule has 1 aromatic heterocycles. The second-order valence-corrected chi connectivity index (χ2v) is 2.58. The molecule has 5 nitrogen and oxygen atoms in total. The second-order valence-electron chi connectivity index (χ2n) is 2.58. The SMILES string of the molecule is CCOC(=O)c1c(C)cnn1CN. The first-order valence-corrected chi connectivity index (χ1v) is 4.10. The standard InChI is InChI=1S/C8H13N3O2/c1-3-13-8(12)7-6(2)4-10-11(7)5-9/h4H,3,5,9H2,1-2H3. The molecular formula is C8H13N3O2. The summed E-state index contributed by atoms with van der Waals surface area (Å²) in [5, 5.41) is 3.93. The van der Waals surface area contributed by atoms with E-state index in [4.69, 9.17) is 10.5 Å². The van der Waals surface area contributed by atoms with E-state index in [0.717, 1.165) is 5.56 Å². The highest BCUT2D eigenvalue weighted by molar-refractivity contribution is 5.89. The van der Waals surface area contributed by atoms with Crippen LogP contribution in [-0.4, -0.2) is 22.4 Å². The van der Waals surface area contributed by atoms with Crippen molar-refractivity contribution in [3.05, 3.63) is 17.5 Å². The summed E-state index contributed by atoms with van der Waals surface area (Å²) < 4.78 is 6.28. The number of carbonyl (C=O) groups is 1. The predicted molar refractivity (Wildman–Crippen MR) is 47.1 cm³/mol. The fourth-order valence-electron chi connectivity index (χ4n) is 1.08. The minimum Gasteiger partial charge on any atom is -0.461 e. The van der Waals surface area contributed by atoms with Gasteiger partial charge < -0.3 is 10.5 Å². The van der Waals surface area contributed by atoms with Crippen LogP contribution in [-0.2, 0) is 11.4 Å². The van der Waals surface area contributed by atoms with E-state index in [9.17, 15) is 4.79 Å². The molecule has 72 valence electrons. The van der Waals surface area contributed by atoms with Crippen molar-refractivity contribution >= 4 is 5.97 Å². The zero-order valence-corrected chi connectivity index (χ0v) is 7.78. The summed E-state index contributed by atoms with van der Waals surface area (Å²) in [4.78, 5) is 11.4. The maximum absolute atomic E-state index is 11.4. The lowest BCUT2D eigenvalue weighted by molar-refractivity contribution is 0.0511. The van der Waals surface area contributed by atoms with Crippen LogP contribution in [0.3, 0.4) is 0 Å². The third kappa shape index (κ3) is 1.86. The van der Waals surface area contributed by atoms with E-state index in [2.05, 4.69) is 5.10 Å². The van der Waals surface area contributed by atoms with Crippen LogP contribution in [0.2, 0.25) is 0 Å². The van der Waals surface area contributed by atoms with Crippen molar-refractivity contribution in [2.75, 3.05) is 6.61 Å². The molecule has 0 aliphatic carbocycles. The zero-order chi connectivity index (χ0) is 9.84. The first-order valence-electron chi connectivity index (χ1n) is 4.10. The highest BCUT2D eigenvalue weighted by Crippen LogP contribution is 2.07. The Kier molecular flexibility index (Phi) is 3.02. The van der Waals surface area contributed by atoms with Crippen LogP contribution >= 0.6 is 0 Å². The molecule has 0 radical (unpaired) electrons. The molecule has 1 rings (SSSR count). The zero-order valence-electron chi connectivity index (χ0n) is 7.78. The summed E-state index contributed by atoms with van der Waals surface area (Å²) in [6.07, 6.45) is 1.60. The molecule has 0 aromatic carbocycles. The third-order valence-electron chi connectivity index (χ3n) is 1.66. The van der Waals surface area contributed by atoms with Crippen molar-refractivity contribution in [3.63, 3.8) is 0 Å². The second kappa shape index (κ2) is 4.04. The van der Waals surface area contributed by atoms with Crippen LogP contribution in [0.15, 0.2) is 6.20 Å². The third-order valence-corrected chi connectivity index (χ3v) is 1.66. The summed E-state index contributed by atoms with van der Waals surface area (Å²) in [6, 6.07) is 0. The van der Waals surface area contributed by atoms with Crippen molar-refractivity contribution in [1.82, 2.24) is 9.78 Å². The number of ether oxygens (including phenoxy) is 1. The van der Waals surface area contributed by atoms with Crippen LogP contribution < -0.4 is 5.73 Å². The van der Waals surface area contributed by atoms with Crippen LogP contribution in [0, 0.1) is 6.92 Å². The predicted octanol–water partition coefficient (Wildman–Crippen LogP) is 0.284. The van der Waals surface area contributed by atoms with E-state index < -0.39 is 0 Å². The Morgan fingerprint density at radius 1 is 1.77 bits per heavy atom. The highest BCUT2D eigenvalue weighted by atomic mass is 16.5. The number of nitrogens with two attached hydrogens (primary N) is 1. The Balaban J connectivity index is 2.96. The van der Waals surface area contributed by atoms with Gasteiger partial charge in [0.2, 0.25) is 0 Å². The van der Waals surface area contributed by atoms with E-state index in [1.807, 2.05) is 0 Å². The number of carbonyl (C=O) groups excluding carboxylic acids is 1. The van der Waals surface area contributed by atoms with Gasteiger partial charge in [0.1, 0.15) is 0 Å². The molecule has 0 bridgehead atoms. The molecule has 0 spiro atoms. The smallest absolute Gasteiger partial charge is 0.356 e. The molecule has 0 unspecified atom stereocenters. The fourth-order valence-corrected chi connectivity index (χ4v) is 1.08. The van der Waals surface area contributed by atoms with Crippen molar-refractivity contribution in [3.8, 4) is 0 Å². The van der Waals surface area contributed by atoms with Crippen LogP contribution in [0.25, 0.3) is 0 Å². The number of nitrogens with zero attached hydrogens (tertiary/aromatic N) is 2. The van der Waals surface area contributed by atoms with Crippen LogP contribution in [0.1, 0.15) is 23.0 Å². The molecule has 1 aromatic rings. The molecule has 0 atom stereocenters. The monoisotopic (exact) mass is 183 g/mol. The molecule has 0 saturated carbocycles. The van der Waals surface area contributed by atoms with Gasteiger partial charge in [-0.3, -0.25) is 0 Å². The normalized spacial score (nSPS) is 10.1. The minimum absolute atomic E-state index is 0.183. The largest absolute Gasteiger partial charge is 0.461 e. The highest BCUT2D eigenvalue weighted by Gasteiger charge is 2.15. The number of hydrogen-bond donors (Lipinski definition) is 1. The summed E-state index contributed by atoms with van der Waals surface area (Å²) in [7, 11) is 0. The van der Waals surface area contributed by atoms with Gasteiger partial charge in [-0.25, -0.2) is 9.48 Å². The molecule has 2 N–H and O–H groups in total. The molecule has 0 aliphatic rings. The lowest BCUT2D eigenvalue weighted by atomic mass is 10.3. The Bertz CT molecular complexity index is 306. The van der Waals surface area contributed by atoms with Crippen molar-refractivity contribution < 1.29 is 9.53 Å². The number of esters is 1. The van der Waals surface area contributed by atoms with E-state index in [1.165, 1.54) is 4.68 Å². The summed E-state index contributed by atoms with van der Waals surface area (Å²) in [6.45, 7) is 4.10. The quantitative estimate of drug-likeness (QED) is 0.683. The number of aromatic nitrogens is 2. The van der Waals surface area contributed by atoms with Crippen LogP contribution in [0.5, 0.6) is 0 Å². The van der Waals surface area contributed by atoms with Gasteiger partial charge in [0.05, 0.1) is 19.5 Å². The van der Waals surface area contributed by atoms with Crippen molar-refractivity contribution in [1.29, 1.82) is 0 Å². The lowest BCUT2D eigenvalue weighted by Crippen LogP contribution is -2.18. The van der Waals surface area contributed by atoms with E-state index in [1.54, 1.807) is 20.0 Å². The topological polar surface area (TPSA) is 70.1 Å². The number of hydrogen-bond acceptors (Lipinski definition) is 4. The lowest BCUT2D eigenvalue weighted by Gasteiger charge is -2.04. The van der Waals surface area contributed by atoms with E-state index >= 15 is 0 Å². The van der Waals surface area contributed by atoms with Gasteiger partial charge in [-0.05, 0) is 13.8 Å². The molecule has 13 heavy (non-hydrogen) atoms. The van der Waals surface area contributed by atoms with Gasteiger partial charge in [0.15, 0.2) is 5.69 Å². The Labute approximate surface area is 76.5 Å². The minimum atomic E-state index is -0.372. The van der Waals surface area contributed by atoms with E-state index in [0.29, 0.717) is 12.3 Å². The van der Waals surface area contributed by atoms with Gasteiger partial charge in [-0.15, -0.1) is 0 Å². The average molecular weight is 183 g/mol. The molecular weight excluding hydrogens is 170 g/mol. The first kappa shape index (κ1) is 9.73. The summed E-state index contributed by atoms with van der Waals surface area (Å²) in [5.74, 6) is -0.372. The summed E-state index contributed by atoms with van der Waals surface area (Å²) in [5.41, 5.74) is 6.61. The first-order chi connectivity index (χ1) is 6.20. The Hall–Kier alpha value is -1.36. The maximum Gasteiger partial charge on any atom is 0.356 e. The maximum atomic E-state index is 11.4. The van der Waals surface area contributed by atoms with Gasteiger partial charge in [0, 0.05) is 5.56 Å². The van der Waals surface area contributed by atoms with Gasteiger partial charge in [0.25, 0.3) is 0 Å². The molecule has 0 aliphatic heterocycles. The van der Waals surface area contributed by atoms with Gasteiger partial charge >= 0.3 is 5.97 Å². The molecule has 0 amide bonds. The molecule has 1 heterocycles. The van der Waals surface area contributed by atoms with Crippen molar-refractivity contribution in [2.45, 2.75) is 20.5 Å². The van der Waals surface area contributed by atoms with Crippen LogP contribution in [0.4, 0.5) is 0 Å². The Morgan fingerprint density at radius 2 is 2.46 bits per heavy atom. The molecule has 0 saturated heterocycles. The Morgan fingerprint density at radius 3 is 3.00 bits per heavy atom. The molecule has 0 fully saturated rings. The van der Waals surface area contributed by atoms with Crippen molar-refractivity contribution in [2.24, 2.45) is 5.73 Å². The van der Waals surface area contributed by atoms with Gasteiger partial charge in [-0.1, -0.05) is 0 Å². The fraction of sp³-hybridized carbons (Fsp3) is 0.500. The molecule has 5 heteroatoms. The summed E-state index contributed by atoms with van der Waals surface area (Å²) >= 11 is 0. The van der Waals surface area contributed by atoms with E-state index in [-0.39, 0.29) is 12.6 Å². The number of aryl methyl sites for hydroxylation is 1.